The lowest BCUT2D eigenvalue weighted by molar-refractivity contribution is -0.122. The smallest absolute Gasteiger partial charge is 0.251 e. The number of hydrogen-bond acceptors (Lipinski definition) is 5. The van der Waals surface area contributed by atoms with E-state index in [0.717, 1.165) is 55.7 Å². The molecule has 2 fully saturated rings. The number of aromatic nitrogens is 1. The van der Waals surface area contributed by atoms with Crippen LogP contribution in [-0.2, 0) is 9.59 Å². The van der Waals surface area contributed by atoms with Gasteiger partial charge in [0.05, 0.1) is 24.5 Å². The average molecular weight is 464 g/mol. The molecule has 0 spiro atoms. The number of carbonyl (C=O) groups is 3. The summed E-state index contributed by atoms with van der Waals surface area (Å²) in [5.41, 5.74) is 3.40. The number of rotatable bonds is 7. The lowest BCUT2D eigenvalue weighted by Gasteiger charge is -2.46. The summed E-state index contributed by atoms with van der Waals surface area (Å²) >= 11 is 0. The molecule has 0 bridgehead atoms. The van der Waals surface area contributed by atoms with Crippen molar-refractivity contribution in [3.63, 3.8) is 0 Å². The maximum absolute atomic E-state index is 12.2. The highest BCUT2D eigenvalue weighted by Gasteiger charge is 2.35. The average Bonchev–Trinajstić information content (AvgIpc) is 2.80. The van der Waals surface area contributed by atoms with Gasteiger partial charge in [-0.3, -0.25) is 24.3 Å². The number of likely N-dealkylation sites (tertiary alicyclic amines) is 1. The number of benzene rings is 1. The molecule has 1 saturated heterocycles. The first-order valence-corrected chi connectivity index (χ1v) is 12.0. The Morgan fingerprint density at radius 1 is 1.06 bits per heavy atom. The van der Waals surface area contributed by atoms with Crippen molar-refractivity contribution in [1.29, 1.82) is 0 Å². The second kappa shape index (κ2) is 10.8. The van der Waals surface area contributed by atoms with Crippen LogP contribution in [0.5, 0.6) is 0 Å². The minimum atomic E-state index is -0.231. The number of pyridine rings is 1. The van der Waals surface area contributed by atoms with Gasteiger partial charge in [0.15, 0.2) is 0 Å². The lowest BCUT2D eigenvalue weighted by Crippen LogP contribution is -2.63. The maximum Gasteiger partial charge on any atom is 0.251 e. The molecule has 1 aliphatic heterocycles. The second-order valence-electron chi connectivity index (χ2n) is 9.43. The van der Waals surface area contributed by atoms with E-state index in [1.54, 1.807) is 12.3 Å². The molecule has 34 heavy (non-hydrogen) atoms. The van der Waals surface area contributed by atoms with Gasteiger partial charge in [-0.25, -0.2) is 0 Å². The third-order valence-electron chi connectivity index (χ3n) is 6.70. The molecule has 180 valence electrons. The Morgan fingerprint density at radius 3 is 2.47 bits per heavy atom. The summed E-state index contributed by atoms with van der Waals surface area (Å²) in [6.07, 6.45) is 6.15. The normalized spacial score (nSPS) is 20.8. The molecular formula is C26H33N5O3. The highest BCUT2D eigenvalue weighted by atomic mass is 16.2. The van der Waals surface area contributed by atoms with Crippen LogP contribution in [0.3, 0.4) is 0 Å². The van der Waals surface area contributed by atoms with Crippen molar-refractivity contribution in [2.75, 3.05) is 25.0 Å². The Balaban J connectivity index is 1.14. The van der Waals surface area contributed by atoms with E-state index in [4.69, 9.17) is 0 Å². The van der Waals surface area contributed by atoms with Crippen LogP contribution in [0.25, 0.3) is 0 Å². The topological polar surface area (TPSA) is 103 Å². The molecule has 1 aromatic heterocycles. The molecule has 3 N–H and O–H groups in total. The van der Waals surface area contributed by atoms with Crippen LogP contribution < -0.4 is 16.0 Å². The quantitative estimate of drug-likeness (QED) is 0.586. The molecule has 2 heterocycles. The van der Waals surface area contributed by atoms with Gasteiger partial charge in [-0.05, 0) is 56.9 Å². The summed E-state index contributed by atoms with van der Waals surface area (Å²) < 4.78 is 0. The van der Waals surface area contributed by atoms with Gasteiger partial charge in [0.1, 0.15) is 0 Å². The fraction of sp³-hybridized carbons (Fsp3) is 0.462. The molecule has 3 amide bonds. The van der Waals surface area contributed by atoms with Crippen molar-refractivity contribution in [1.82, 2.24) is 20.5 Å². The van der Waals surface area contributed by atoms with Crippen molar-refractivity contribution < 1.29 is 14.4 Å². The predicted octanol–water partition coefficient (Wildman–Crippen LogP) is 2.61. The third kappa shape index (κ3) is 6.20. The lowest BCUT2D eigenvalue weighted by atomic mass is 9.82. The zero-order valence-electron chi connectivity index (χ0n) is 19.8. The van der Waals surface area contributed by atoms with Gasteiger partial charge in [0.2, 0.25) is 11.8 Å². The van der Waals surface area contributed by atoms with Gasteiger partial charge in [-0.2, -0.15) is 0 Å². The highest BCUT2D eigenvalue weighted by Crippen LogP contribution is 2.35. The summed E-state index contributed by atoms with van der Waals surface area (Å²) in [5, 5.41) is 8.47. The van der Waals surface area contributed by atoms with Crippen molar-refractivity contribution >= 4 is 23.4 Å². The number of nitrogens with one attached hydrogen (secondary N) is 3. The molecule has 8 nitrogen and oxygen atoms in total. The molecule has 1 aliphatic carbocycles. The van der Waals surface area contributed by atoms with Crippen LogP contribution in [0.2, 0.25) is 0 Å². The second-order valence-corrected chi connectivity index (χ2v) is 9.43. The Labute approximate surface area is 200 Å². The molecule has 4 rings (SSSR count). The number of nitrogens with zero attached hydrogens (tertiary/aromatic N) is 2. The van der Waals surface area contributed by atoms with Gasteiger partial charge >= 0.3 is 0 Å². The number of hydrogen-bond donors (Lipinski definition) is 3. The van der Waals surface area contributed by atoms with E-state index in [-0.39, 0.29) is 30.3 Å². The van der Waals surface area contributed by atoms with Gasteiger partial charge in [-0.15, -0.1) is 0 Å². The molecular weight excluding hydrogens is 430 g/mol. The van der Waals surface area contributed by atoms with E-state index >= 15 is 0 Å². The van der Waals surface area contributed by atoms with Crippen molar-refractivity contribution in [2.45, 2.75) is 57.5 Å². The predicted molar refractivity (Wildman–Crippen MR) is 131 cm³/mol. The number of anilines is 1. The summed E-state index contributed by atoms with van der Waals surface area (Å²) in [6, 6.07) is 11.9. The maximum atomic E-state index is 12.2. The molecule has 2 aliphatic rings. The molecule has 0 unspecified atom stereocenters. The Hall–Kier alpha value is -3.26. The van der Waals surface area contributed by atoms with Crippen LogP contribution in [0.15, 0.2) is 42.6 Å². The summed E-state index contributed by atoms with van der Waals surface area (Å²) in [6.45, 7) is 5.13. The third-order valence-corrected chi connectivity index (χ3v) is 6.70. The first-order valence-electron chi connectivity index (χ1n) is 12.0. The summed E-state index contributed by atoms with van der Waals surface area (Å²) in [7, 11) is 0. The Bertz CT molecular complexity index is 1020. The zero-order valence-corrected chi connectivity index (χ0v) is 19.8. The van der Waals surface area contributed by atoms with Crippen LogP contribution in [0, 0.1) is 6.92 Å². The Kier molecular flexibility index (Phi) is 7.57. The van der Waals surface area contributed by atoms with Gasteiger partial charge in [-0.1, -0.05) is 17.7 Å². The first kappa shape index (κ1) is 23.9. The van der Waals surface area contributed by atoms with Gasteiger partial charge < -0.3 is 16.0 Å². The van der Waals surface area contributed by atoms with Crippen LogP contribution in [-0.4, -0.2) is 59.3 Å². The zero-order chi connectivity index (χ0) is 24.1. The van der Waals surface area contributed by atoms with E-state index in [0.29, 0.717) is 17.5 Å². The largest absolute Gasteiger partial charge is 0.349 e. The molecule has 8 heteroatoms. The number of carbonyl (C=O) groups excluding carboxylic acids is 3. The summed E-state index contributed by atoms with van der Waals surface area (Å²) in [4.78, 5) is 42.6. The van der Waals surface area contributed by atoms with Gasteiger partial charge in [0, 0.05) is 43.2 Å². The van der Waals surface area contributed by atoms with E-state index in [2.05, 4.69) is 25.8 Å². The van der Waals surface area contributed by atoms with Crippen molar-refractivity contribution in [2.24, 2.45) is 0 Å². The first-order chi connectivity index (χ1) is 16.4. The van der Waals surface area contributed by atoms with Crippen molar-refractivity contribution in [3.05, 3.63) is 59.4 Å². The molecule has 0 radical (unpaired) electrons. The van der Waals surface area contributed by atoms with E-state index in [1.165, 1.54) is 6.92 Å². The Morgan fingerprint density at radius 2 is 1.82 bits per heavy atom. The fourth-order valence-electron chi connectivity index (χ4n) is 4.89. The molecule has 0 atom stereocenters. The number of amides is 3. The molecule has 1 saturated carbocycles. The molecule has 2 aromatic rings. The minimum absolute atomic E-state index is 0.0118. The van der Waals surface area contributed by atoms with E-state index in [9.17, 15) is 14.4 Å². The van der Waals surface area contributed by atoms with Crippen LogP contribution in [0.4, 0.5) is 5.69 Å². The number of aryl methyl sites for hydroxylation is 1. The monoisotopic (exact) mass is 463 g/mol. The fourth-order valence-corrected chi connectivity index (χ4v) is 4.89. The summed E-state index contributed by atoms with van der Waals surface area (Å²) in [5.74, 6) is -0.0178. The standard InChI is InChI=1S/C26H33N5O3/c1-17-4-3-5-20(12-17)26(34)28-14-25(33)30-22-15-31(16-22)23-9-6-19(7-10-23)24-11-8-21(13-27-24)29-18(2)32/h3-5,8,11-13,19,22-23H,6-7,9-10,14-16H2,1-2H3,(H,28,34)(H,29,32)(H,30,33). The highest BCUT2D eigenvalue weighted by molar-refractivity contribution is 5.96. The van der Waals surface area contributed by atoms with E-state index in [1.807, 2.05) is 37.3 Å². The molecule has 1 aromatic carbocycles. The minimum Gasteiger partial charge on any atom is -0.349 e. The van der Waals surface area contributed by atoms with Gasteiger partial charge in [0.25, 0.3) is 5.91 Å². The van der Waals surface area contributed by atoms with Crippen LogP contribution >= 0.6 is 0 Å². The SMILES string of the molecule is CC(=O)Nc1ccc(C2CCC(N3CC(NC(=O)CNC(=O)c4cccc(C)c4)C3)CC2)nc1. The van der Waals surface area contributed by atoms with E-state index < -0.39 is 0 Å². The van der Waals surface area contributed by atoms with Crippen LogP contribution in [0.1, 0.15) is 60.1 Å². The van der Waals surface area contributed by atoms with Crippen molar-refractivity contribution in [3.8, 4) is 0 Å².